The van der Waals surface area contributed by atoms with Gasteiger partial charge in [0, 0.05) is 6.54 Å². The second kappa shape index (κ2) is 9.15. The van der Waals surface area contributed by atoms with Gasteiger partial charge >= 0.3 is 0 Å². The Kier molecular flexibility index (Phi) is 6.29. The summed E-state index contributed by atoms with van der Waals surface area (Å²) in [4.78, 5) is 27.9. The first-order valence-electron chi connectivity index (χ1n) is 10.3. The van der Waals surface area contributed by atoms with Crippen LogP contribution < -0.4 is 4.74 Å². The SMILES string of the molecule is COc1cc(C2C(C(=O)c3ccc(C)o3)=C(O)C(=O)N2CCc2ccccc2)cc(Br)c1O. The molecule has 1 aliphatic rings. The molecule has 0 saturated heterocycles. The number of hydrogen-bond donors (Lipinski definition) is 2. The summed E-state index contributed by atoms with van der Waals surface area (Å²) in [7, 11) is 1.41. The van der Waals surface area contributed by atoms with Crippen LogP contribution in [0, 0.1) is 6.92 Å². The molecule has 0 spiro atoms. The average molecular weight is 512 g/mol. The van der Waals surface area contributed by atoms with Gasteiger partial charge in [-0.2, -0.15) is 0 Å². The fraction of sp³-hybridized carbons (Fsp3) is 0.200. The van der Waals surface area contributed by atoms with Crippen LogP contribution in [0.5, 0.6) is 11.5 Å². The predicted octanol–water partition coefficient (Wildman–Crippen LogP) is 4.89. The van der Waals surface area contributed by atoms with Gasteiger partial charge in [0.2, 0.25) is 5.78 Å². The molecule has 33 heavy (non-hydrogen) atoms. The molecule has 0 radical (unpaired) electrons. The van der Waals surface area contributed by atoms with Crippen molar-refractivity contribution in [2.75, 3.05) is 13.7 Å². The molecule has 1 aliphatic heterocycles. The topological polar surface area (TPSA) is 100 Å². The molecular formula is C25H22BrNO6. The second-order valence-corrected chi connectivity index (χ2v) is 8.55. The Bertz CT molecular complexity index is 1250. The number of aryl methyl sites for hydroxylation is 1. The van der Waals surface area contributed by atoms with E-state index in [1.54, 1.807) is 25.1 Å². The molecule has 170 valence electrons. The van der Waals surface area contributed by atoms with Crippen LogP contribution in [-0.4, -0.2) is 40.5 Å². The largest absolute Gasteiger partial charge is 0.503 e. The van der Waals surface area contributed by atoms with Crippen molar-refractivity contribution in [3.63, 3.8) is 0 Å². The van der Waals surface area contributed by atoms with Gasteiger partial charge in [-0.25, -0.2) is 0 Å². The highest BCUT2D eigenvalue weighted by molar-refractivity contribution is 9.10. The molecule has 1 atom stereocenters. The Morgan fingerprint density at radius 1 is 1.15 bits per heavy atom. The lowest BCUT2D eigenvalue weighted by molar-refractivity contribution is -0.129. The van der Waals surface area contributed by atoms with Crippen LogP contribution in [0.1, 0.15) is 33.5 Å². The third-order valence-electron chi connectivity index (χ3n) is 5.58. The summed E-state index contributed by atoms with van der Waals surface area (Å²) in [6, 6.07) is 15.0. The van der Waals surface area contributed by atoms with Gasteiger partial charge in [0.15, 0.2) is 23.0 Å². The Morgan fingerprint density at radius 3 is 2.52 bits per heavy atom. The summed E-state index contributed by atoms with van der Waals surface area (Å²) in [5.74, 6) is -1.22. The Balaban J connectivity index is 1.79. The number of carbonyl (C=O) groups excluding carboxylic acids is 2. The number of ether oxygens (including phenoxy) is 1. The minimum Gasteiger partial charge on any atom is -0.503 e. The molecule has 2 aromatic carbocycles. The number of aliphatic hydroxyl groups excluding tert-OH is 1. The van der Waals surface area contributed by atoms with Gasteiger partial charge in [-0.15, -0.1) is 0 Å². The number of nitrogens with zero attached hydrogens (tertiary/aromatic N) is 1. The molecule has 0 bridgehead atoms. The predicted molar refractivity (Wildman–Crippen MR) is 124 cm³/mol. The summed E-state index contributed by atoms with van der Waals surface area (Å²) >= 11 is 3.30. The highest BCUT2D eigenvalue weighted by atomic mass is 79.9. The van der Waals surface area contributed by atoms with E-state index in [-0.39, 0.29) is 29.4 Å². The molecule has 2 N–H and O–H groups in total. The summed E-state index contributed by atoms with van der Waals surface area (Å²) < 4.78 is 11.1. The number of hydrogen-bond acceptors (Lipinski definition) is 6. The molecule has 0 aliphatic carbocycles. The molecule has 1 unspecified atom stereocenters. The van der Waals surface area contributed by atoms with Gasteiger partial charge in [0.25, 0.3) is 5.91 Å². The normalized spacial score (nSPS) is 15.9. The van der Waals surface area contributed by atoms with Crippen molar-refractivity contribution in [3.05, 3.63) is 93.0 Å². The van der Waals surface area contributed by atoms with Crippen LogP contribution in [0.4, 0.5) is 0 Å². The zero-order valence-electron chi connectivity index (χ0n) is 18.0. The number of furan rings is 1. The van der Waals surface area contributed by atoms with Gasteiger partial charge in [-0.05, 0) is 64.7 Å². The zero-order valence-corrected chi connectivity index (χ0v) is 19.6. The zero-order chi connectivity index (χ0) is 23.7. The lowest BCUT2D eigenvalue weighted by Crippen LogP contribution is -2.33. The van der Waals surface area contributed by atoms with E-state index in [1.807, 2.05) is 30.3 Å². The van der Waals surface area contributed by atoms with Crippen molar-refractivity contribution < 1.29 is 29.0 Å². The van der Waals surface area contributed by atoms with Gasteiger partial charge in [0.1, 0.15) is 5.76 Å². The number of benzene rings is 2. The number of halogens is 1. The number of phenolic OH excluding ortho intramolecular Hbond substituents is 1. The molecule has 2 heterocycles. The maximum Gasteiger partial charge on any atom is 0.290 e. The molecule has 8 heteroatoms. The highest BCUT2D eigenvalue weighted by Crippen LogP contribution is 2.44. The van der Waals surface area contributed by atoms with Crippen LogP contribution >= 0.6 is 15.9 Å². The fourth-order valence-corrected chi connectivity index (χ4v) is 4.41. The van der Waals surface area contributed by atoms with Gasteiger partial charge < -0.3 is 24.3 Å². The summed E-state index contributed by atoms with van der Waals surface area (Å²) in [6.07, 6.45) is 0.522. The lowest BCUT2D eigenvalue weighted by Gasteiger charge is -2.27. The van der Waals surface area contributed by atoms with E-state index in [2.05, 4.69) is 15.9 Å². The molecule has 3 aromatic rings. The highest BCUT2D eigenvalue weighted by Gasteiger charge is 2.44. The maximum absolute atomic E-state index is 13.3. The summed E-state index contributed by atoms with van der Waals surface area (Å²) in [6.45, 7) is 1.96. The van der Waals surface area contributed by atoms with Gasteiger partial charge in [0.05, 0.1) is 23.2 Å². The maximum atomic E-state index is 13.3. The number of ketones is 1. The van der Waals surface area contributed by atoms with E-state index in [4.69, 9.17) is 9.15 Å². The van der Waals surface area contributed by atoms with Crippen molar-refractivity contribution in [2.24, 2.45) is 0 Å². The Morgan fingerprint density at radius 2 is 1.88 bits per heavy atom. The Labute approximate surface area is 199 Å². The minimum atomic E-state index is -0.898. The number of rotatable bonds is 7. The van der Waals surface area contributed by atoms with Crippen LogP contribution in [0.3, 0.4) is 0 Å². The number of carbonyl (C=O) groups is 2. The van der Waals surface area contributed by atoms with Crippen molar-refractivity contribution >= 4 is 27.6 Å². The van der Waals surface area contributed by atoms with Crippen LogP contribution in [0.25, 0.3) is 0 Å². The third-order valence-corrected chi connectivity index (χ3v) is 6.19. The number of phenols is 1. The van der Waals surface area contributed by atoms with E-state index in [9.17, 15) is 19.8 Å². The molecular weight excluding hydrogens is 490 g/mol. The quantitative estimate of drug-likeness (QED) is 0.438. The van der Waals surface area contributed by atoms with Crippen molar-refractivity contribution in [1.29, 1.82) is 0 Å². The molecule has 0 saturated carbocycles. The van der Waals surface area contributed by atoms with Crippen molar-refractivity contribution in [2.45, 2.75) is 19.4 Å². The van der Waals surface area contributed by atoms with E-state index in [1.165, 1.54) is 18.1 Å². The van der Waals surface area contributed by atoms with E-state index in [0.29, 0.717) is 22.2 Å². The third kappa shape index (κ3) is 4.26. The standard InChI is InChI=1S/C25H22BrNO6/c1-14-8-9-18(33-14)23(29)20-21(16-12-17(26)22(28)19(13-16)32-2)27(25(31)24(20)30)11-10-15-6-4-3-5-7-15/h3-9,12-13,21,28,30H,10-11H2,1-2H3. The van der Waals surface area contributed by atoms with Crippen molar-refractivity contribution in [1.82, 2.24) is 4.90 Å². The number of aliphatic hydroxyl groups is 1. The van der Waals surface area contributed by atoms with Gasteiger partial charge in [-0.3, -0.25) is 9.59 Å². The van der Waals surface area contributed by atoms with Crippen LogP contribution in [-0.2, 0) is 11.2 Å². The fourth-order valence-electron chi connectivity index (χ4n) is 3.95. The molecule has 1 aromatic heterocycles. The molecule has 4 rings (SSSR count). The number of Topliss-reactive ketones (excluding diaryl/α,β-unsaturated/α-hetero) is 1. The van der Waals surface area contributed by atoms with E-state index >= 15 is 0 Å². The lowest BCUT2D eigenvalue weighted by atomic mass is 9.94. The number of methoxy groups -OCH3 is 1. The first-order chi connectivity index (χ1) is 15.8. The first-order valence-corrected chi connectivity index (χ1v) is 11.1. The second-order valence-electron chi connectivity index (χ2n) is 7.69. The van der Waals surface area contributed by atoms with Crippen molar-refractivity contribution in [3.8, 4) is 11.5 Å². The summed E-state index contributed by atoms with van der Waals surface area (Å²) in [5, 5.41) is 21.0. The number of amides is 1. The Hall–Kier alpha value is -3.52. The van der Waals surface area contributed by atoms with Crippen LogP contribution in [0.2, 0.25) is 0 Å². The number of aromatic hydroxyl groups is 1. The first kappa shape index (κ1) is 22.7. The smallest absolute Gasteiger partial charge is 0.290 e. The molecule has 0 fully saturated rings. The van der Waals surface area contributed by atoms with E-state index in [0.717, 1.165) is 5.56 Å². The minimum absolute atomic E-state index is 0.0292. The molecule has 1 amide bonds. The summed E-state index contributed by atoms with van der Waals surface area (Å²) in [5.41, 5.74) is 1.42. The van der Waals surface area contributed by atoms with Gasteiger partial charge in [-0.1, -0.05) is 30.3 Å². The molecule has 7 nitrogen and oxygen atoms in total. The monoisotopic (exact) mass is 511 g/mol. The van der Waals surface area contributed by atoms with E-state index < -0.39 is 23.5 Å². The average Bonchev–Trinajstić information content (AvgIpc) is 3.36. The van der Waals surface area contributed by atoms with Crippen LogP contribution in [0.15, 0.2) is 74.8 Å².